The first-order valence-electron chi connectivity index (χ1n) is 7.39. The van der Waals surface area contributed by atoms with E-state index in [1.54, 1.807) is 0 Å². The van der Waals surface area contributed by atoms with Gasteiger partial charge in [-0.2, -0.15) is 5.26 Å². The number of nitrogens with zero attached hydrogens (tertiary/aromatic N) is 1. The second-order valence-corrected chi connectivity index (χ2v) is 6.27. The van der Waals surface area contributed by atoms with E-state index in [0.717, 1.165) is 10.0 Å². The van der Waals surface area contributed by atoms with E-state index in [9.17, 15) is 5.26 Å². The van der Waals surface area contributed by atoms with Crippen LogP contribution in [0, 0.1) is 11.3 Å². The molecule has 0 saturated carbocycles. The molecule has 0 aromatic heterocycles. The van der Waals surface area contributed by atoms with Crippen molar-refractivity contribution in [3.63, 3.8) is 0 Å². The van der Waals surface area contributed by atoms with Gasteiger partial charge in [-0.15, -0.1) is 0 Å². The van der Waals surface area contributed by atoms with Crippen LogP contribution in [0.4, 0.5) is 0 Å². The molecule has 0 radical (unpaired) electrons. The largest absolute Gasteiger partial charge is 0.192 e. The number of nitriles is 1. The average molecular weight is 358 g/mol. The van der Waals surface area contributed by atoms with Crippen molar-refractivity contribution in [2.24, 2.45) is 0 Å². The first-order valence-corrected chi connectivity index (χ1v) is 8.18. The van der Waals surface area contributed by atoms with Crippen LogP contribution in [-0.2, 0) is 0 Å². The quantitative estimate of drug-likeness (QED) is 0.367. The second-order valence-electron chi connectivity index (χ2n) is 5.47. The summed E-state index contributed by atoms with van der Waals surface area (Å²) in [5.74, 6) is 0. The number of benzene rings is 4. The molecule has 0 spiro atoms. The van der Waals surface area contributed by atoms with Crippen molar-refractivity contribution in [2.45, 2.75) is 0 Å². The molecule has 0 aliphatic rings. The number of rotatable bonds is 1. The summed E-state index contributed by atoms with van der Waals surface area (Å²) in [6.07, 6.45) is 0. The molecule has 0 saturated heterocycles. The lowest BCUT2D eigenvalue weighted by Gasteiger charge is -2.14. The molecule has 0 aliphatic heterocycles. The molecule has 0 amide bonds. The van der Waals surface area contributed by atoms with Gasteiger partial charge >= 0.3 is 0 Å². The first kappa shape index (κ1) is 14.0. The maximum absolute atomic E-state index is 9.22. The van der Waals surface area contributed by atoms with E-state index in [0.29, 0.717) is 5.56 Å². The smallest absolute Gasteiger partial charge is 0.0991 e. The van der Waals surface area contributed by atoms with Gasteiger partial charge in [0.1, 0.15) is 0 Å². The molecule has 4 aromatic rings. The fourth-order valence-electron chi connectivity index (χ4n) is 3.13. The van der Waals surface area contributed by atoms with E-state index >= 15 is 0 Å². The van der Waals surface area contributed by atoms with Crippen LogP contribution in [0.2, 0.25) is 0 Å². The summed E-state index contributed by atoms with van der Waals surface area (Å²) >= 11 is 3.76. The van der Waals surface area contributed by atoms with Gasteiger partial charge in [0.15, 0.2) is 0 Å². The van der Waals surface area contributed by atoms with Gasteiger partial charge in [0, 0.05) is 4.47 Å². The van der Waals surface area contributed by atoms with Gasteiger partial charge < -0.3 is 0 Å². The van der Waals surface area contributed by atoms with E-state index < -0.39 is 0 Å². The summed E-state index contributed by atoms with van der Waals surface area (Å²) in [5, 5.41) is 14.0. The van der Waals surface area contributed by atoms with Crippen molar-refractivity contribution >= 4 is 37.5 Å². The summed E-state index contributed by atoms with van der Waals surface area (Å²) < 4.78 is 1.11. The van der Waals surface area contributed by atoms with E-state index in [-0.39, 0.29) is 0 Å². The molecule has 0 fully saturated rings. The van der Waals surface area contributed by atoms with Crippen molar-refractivity contribution in [3.05, 3.63) is 82.8 Å². The average Bonchev–Trinajstić information content (AvgIpc) is 2.62. The Kier molecular flexibility index (Phi) is 3.37. The molecule has 4 aromatic carbocycles. The Morgan fingerprint density at radius 2 is 1.26 bits per heavy atom. The molecule has 0 unspecified atom stereocenters. The van der Waals surface area contributed by atoms with Crippen LogP contribution in [0.15, 0.2) is 77.3 Å². The van der Waals surface area contributed by atoms with Gasteiger partial charge in [0.25, 0.3) is 0 Å². The van der Waals surface area contributed by atoms with Crippen LogP contribution >= 0.6 is 15.9 Å². The molecule has 0 aliphatic carbocycles. The van der Waals surface area contributed by atoms with Gasteiger partial charge in [0.05, 0.1) is 11.6 Å². The predicted octanol–water partition coefficient (Wildman–Crippen LogP) is 6.29. The Hall–Kier alpha value is -2.63. The summed E-state index contributed by atoms with van der Waals surface area (Å²) in [6, 6.07) is 26.8. The molecule has 4 rings (SSSR count). The number of hydrogen-bond donors (Lipinski definition) is 0. The summed E-state index contributed by atoms with van der Waals surface area (Å²) in [6.45, 7) is 0. The van der Waals surface area contributed by atoms with Crippen LogP contribution in [0.3, 0.4) is 0 Å². The van der Waals surface area contributed by atoms with Crippen molar-refractivity contribution < 1.29 is 0 Å². The Balaban J connectivity index is 2.23. The van der Waals surface area contributed by atoms with Crippen LogP contribution in [0.25, 0.3) is 32.7 Å². The Morgan fingerprint density at radius 3 is 1.83 bits per heavy atom. The Morgan fingerprint density at radius 1 is 0.696 bits per heavy atom. The van der Waals surface area contributed by atoms with Gasteiger partial charge in [-0.05, 0) is 60.7 Å². The van der Waals surface area contributed by atoms with Gasteiger partial charge in [-0.25, -0.2) is 0 Å². The lowest BCUT2D eigenvalue weighted by atomic mass is 9.91. The minimum atomic E-state index is 0.679. The third kappa shape index (κ3) is 2.21. The molecule has 0 N–H and O–H groups in total. The number of hydrogen-bond acceptors (Lipinski definition) is 1. The monoisotopic (exact) mass is 357 g/mol. The first-order chi connectivity index (χ1) is 11.3. The van der Waals surface area contributed by atoms with Crippen molar-refractivity contribution in [1.29, 1.82) is 5.26 Å². The highest BCUT2D eigenvalue weighted by Crippen LogP contribution is 2.41. The topological polar surface area (TPSA) is 23.8 Å². The molecular weight excluding hydrogens is 346 g/mol. The zero-order valence-electron chi connectivity index (χ0n) is 12.3. The minimum Gasteiger partial charge on any atom is -0.192 e. The van der Waals surface area contributed by atoms with Crippen LogP contribution in [0.5, 0.6) is 0 Å². The molecule has 108 valence electrons. The second kappa shape index (κ2) is 5.53. The van der Waals surface area contributed by atoms with Gasteiger partial charge in [0.2, 0.25) is 0 Å². The molecule has 2 heteroatoms. The molecular formula is C21H12BrN. The normalized spacial score (nSPS) is 10.8. The summed E-state index contributed by atoms with van der Waals surface area (Å²) in [5.41, 5.74) is 2.93. The fraction of sp³-hybridized carbons (Fsp3) is 0. The number of fused-ring (bicyclic) bond motifs is 2. The molecule has 1 nitrogen and oxygen atoms in total. The lowest BCUT2D eigenvalue weighted by Crippen LogP contribution is -1.88. The third-order valence-corrected chi connectivity index (χ3v) is 5.00. The number of halogens is 1. The van der Waals surface area contributed by atoms with Crippen LogP contribution in [0.1, 0.15) is 5.56 Å². The highest BCUT2D eigenvalue weighted by atomic mass is 79.9. The molecule has 0 bridgehead atoms. The standard InChI is InChI=1S/C21H12BrN/c22-21-18-10-3-1-8-16(18)20(17-9-2-4-11-19(17)21)15-7-5-6-14(12-15)13-23/h1-12H. The van der Waals surface area contributed by atoms with Crippen molar-refractivity contribution in [2.75, 3.05) is 0 Å². The van der Waals surface area contributed by atoms with Crippen LogP contribution < -0.4 is 0 Å². The fourth-order valence-corrected chi connectivity index (χ4v) is 3.82. The summed E-state index contributed by atoms with van der Waals surface area (Å²) in [7, 11) is 0. The lowest BCUT2D eigenvalue weighted by molar-refractivity contribution is 1.48. The third-order valence-electron chi connectivity index (χ3n) is 4.15. The maximum atomic E-state index is 9.22. The zero-order valence-corrected chi connectivity index (χ0v) is 13.8. The Labute approximate surface area is 142 Å². The molecule has 23 heavy (non-hydrogen) atoms. The highest BCUT2D eigenvalue weighted by molar-refractivity contribution is 9.10. The molecule has 0 atom stereocenters. The maximum Gasteiger partial charge on any atom is 0.0991 e. The van der Waals surface area contributed by atoms with E-state index in [1.807, 2.05) is 18.2 Å². The minimum absolute atomic E-state index is 0.679. The van der Waals surface area contributed by atoms with Gasteiger partial charge in [-0.3, -0.25) is 0 Å². The van der Waals surface area contributed by atoms with E-state index in [4.69, 9.17) is 0 Å². The Bertz CT molecular complexity index is 1030. The van der Waals surface area contributed by atoms with E-state index in [1.165, 1.54) is 27.1 Å². The zero-order chi connectivity index (χ0) is 15.8. The van der Waals surface area contributed by atoms with Gasteiger partial charge in [-0.1, -0.05) is 60.7 Å². The van der Waals surface area contributed by atoms with E-state index in [2.05, 4.69) is 76.6 Å². The van der Waals surface area contributed by atoms with Crippen molar-refractivity contribution in [1.82, 2.24) is 0 Å². The predicted molar refractivity (Wildman–Crippen MR) is 99.3 cm³/mol. The van der Waals surface area contributed by atoms with Crippen LogP contribution in [-0.4, -0.2) is 0 Å². The SMILES string of the molecule is N#Cc1cccc(-c2c3ccccc3c(Br)c3ccccc23)c1. The highest BCUT2D eigenvalue weighted by Gasteiger charge is 2.13. The summed E-state index contributed by atoms with van der Waals surface area (Å²) in [4.78, 5) is 0. The molecule has 0 heterocycles. The van der Waals surface area contributed by atoms with Crippen molar-refractivity contribution in [3.8, 4) is 17.2 Å².